The van der Waals surface area contributed by atoms with Gasteiger partial charge in [0.05, 0.1) is 22.3 Å². The number of nitrogens with one attached hydrogen (secondary N) is 2. The Balaban J connectivity index is 0.000000204. The Kier molecular flexibility index (Phi) is 13.5. The fourth-order valence-corrected chi connectivity index (χ4v) is 6.53. The van der Waals surface area contributed by atoms with Crippen LogP contribution in [0.5, 0.6) is 11.5 Å². The number of carbonyl (C=O) groups excluding carboxylic acids is 1. The van der Waals surface area contributed by atoms with E-state index in [1.54, 1.807) is 18.4 Å². The lowest BCUT2D eigenvalue weighted by Gasteiger charge is -2.16. The summed E-state index contributed by atoms with van der Waals surface area (Å²) in [5, 5.41) is 37.6. The average molecular weight is 850 g/mol. The molecule has 1 aliphatic rings. The molecule has 308 valence electrons. The van der Waals surface area contributed by atoms with E-state index in [0.29, 0.717) is 37.1 Å². The van der Waals surface area contributed by atoms with Gasteiger partial charge in [-0.25, -0.2) is 9.78 Å². The van der Waals surface area contributed by atoms with E-state index in [9.17, 15) is 28.6 Å². The Hall–Kier alpha value is -5.97. The molecule has 0 spiro atoms. The number of pyridine rings is 1. The Labute approximate surface area is 347 Å². The second kappa shape index (κ2) is 18.7. The molecule has 0 atom stereocenters. The van der Waals surface area contributed by atoms with Crippen molar-refractivity contribution in [2.75, 3.05) is 11.9 Å². The number of aliphatic hydroxyl groups is 1. The number of benzene rings is 3. The smallest absolute Gasteiger partial charge is 0.387 e. The third-order valence-electron chi connectivity index (χ3n) is 9.11. The van der Waals surface area contributed by atoms with E-state index in [1.807, 2.05) is 55.5 Å². The summed E-state index contributed by atoms with van der Waals surface area (Å²) < 4.78 is 36.8. The van der Waals surface area contributed by atoms with Crippen LogP contribution in [0.25, 0.3) is 22.5 Å². The third kappa shape index (κ3) is 10.8. The lowest BCUT2D eigenvalue weighted by atomic mass is 9.98. The molecule has 6 aromatic rings. The zero-order chi connectivity index (χ0) is 42.3. The first-order valence-corrected chi connectivity index (χ1v) is 19.3. The quantitative estimate of drug-likeness (QED) is 0.0773. The highest BCUT2D eigenvalue weighted by molar-refractivity contribution is 6.39. The first-order valence-electron chi connectivity index (χ1n) is 18.5. The molecule has 3 aromatic heterocycles. The number of imidazole rings is 1. The molecule has 3 heterocycles. The molecule has 1 amide bonds. The number of halogens is 4. The van der Waals surface area contributed by atoms with Crippen LogP contribution < -0.4 is 14.8 Å². The number of aromatic carboxylic acids is 1. The van der Waals surface area contributed by atoms with Gasteiger partial charge in [0, 0.05) is 36.5 Å². The standard InChI is InChI=1S/C24H26N6O3.C17H14Cl2F2N2O3/c1-4-7-19-25-21(24(2,3)33)20(23(31)32)30(19)14-15-10-12-16(13-11-15)17-8-5-6-9-18(17)22-26-28-29-27-22;18-11-6-22-7-12(19)15(11)23-16(24)10-3-4-13(26-17(20)21)14(5-10)25-8-9-1-2-9/h5-6,8-13,33H,4,7,14H2,1-3H3,(H,31,32)(H,26,27,28,29);3-7,9,17H,1-2,8H2,(H,22,23,24). The fourth-order valence-electron chi connectivity index (χ4n) is 6.07. The van der Waals surface area contributed by atoms with Crippen LogP contribution in [0.3, 0.4) is 0 Å². The predicted molar refractivity (Wildman–Crippen MR) is 216 cm³/mol. The average Bonchev–Trinajstić information content (AvgIpc) is 3.72. The van der Waals surface area contributed by atoms with Gasteiger partial charge in [-0.2, -0.15) is 14.0 Å². The van der Waals surface area contributed by atoms with Crippen molar-refractivity contribution >= 4 is 40.8 Å². The first kappa shape index (κ1) is 42.6. The van der Waals surface area contributed by atoms with E-state index in [0.717, 1.165) is 41.5 Å². The summed E-state index contributed by atoms with van der Waals surface area (Å²) in [6.07, 6.45) is 6.17. The van der Waals surface area contributed by atoms with Crippen molar-refractivity contribution in [3.8, 4) is 34.0 Å². The molecular weight excluding hydrogens is 809 g/mol. The number of hydrogen-bond acceptors (Lipinski definition) is 10. The summed E-state index contributed by atoms with van der Waals surface area (Å²) in [5.74, 6) is -0.108. The van der Waals surface area contributed by atoms with Gasteiger partial charge in [-0.3, -0.25) is 9.78 Å². The molecule has 1 saturated carbocycles. The molecule has 3 aromatic carbocycles. The van der Waals surface area contributed by atoms with E-state index in [-0.39, 0.29) is 44.2 Å². The van der Waals surface area contributed by atoms with Crippen molar-refractivity contribution in [1.29, 1.82) is 0 Å². The minimum atomic E-state index is -2.99. The minimum absolute atomic E-state index is 0.0254. The number of hydrogen-bond donors (Lipinski definition) is 4. The molecule has 7 rings (SSSR count). The van der Waals surface area contributed by atoms with Crippen LogP contribution >= 0.6 is 23.2 Å². The van der Waals surface area contributed by atoms with Crippen LogP contribution in [0.15, 0.2) is 79.1 Å². The summed E-state index contributed by atoms with van der Waals surface area (Å²) in [7, 11) is 0. The number of alkyl halides is 2. The van der Waals surface area contributed by atoms with Crippen LogP contribution in [-0.4, -0.2) is 70.5 Å². The molecular formula is C41H40Cl2F2N8O6. The maximum absolute atomic E-state index is 12.6. The highest BCUT2D eigenvalue weighted by Gasteiger charge is 2.31. The van der Waals surface area contributed by atoms with Crippen molar-refractivity contribution in [2.24, 2.45) is 5.92 Å². The van der Waals surface area contributed by atoms with Crippen LogP contribution in [0, 0.1) is 5.92 Å². The summed E-state index contributed by atoms with van der Waals surface area (Å²) in [4.78, 5) is 32.9. The number of carboxylic acid groups (broad SMARTS) is 1. The van der Waals surface area contributed by atoms with Crippen LogP contribution in [0.1, 0.15) is 78.0 Å². The summed E-state index contributed by atoms with van der Waals surface area (Å²) >= 11 is 12.0. The number of aryl methyl sites for hydroxylation is 1. The van der Waals surface area contributed by atoms with E-state index in [2.05, 4.69) is 40.6 Å². The van der Waals surface area contributed by atoms with Crippen molar-refractivity contribution in [2.45, 2.75) is 65.2 Å². The Morgan fingerprint density at radius 1 is 1.02 bits per heavy atom. The number of H-pyrrole nitrogens is 1. The predicted octanol–water partition coefficient (Wildman–Crippen LogP) is 8.69. The number of carboxylic acids is 1. The molecule has 4 N–H and O–H groups in total. The number of rotatable bonds is 15. The van der Waals surface area contributed by atoms with Gasteiger partial charge in [-0.05, 0) is 79.1 Å². The SMILES string of the molecule is CCCc1nc(C(C)(C)O)c(C(=O)O)n1Cc1ccc(-c2ccccc2-c2nn[nH]n2)cc1.O=C(Nc1c(Cl)cncc1Cl)c1ccc(OC(F)F)c(OCC2CC2)c1. The lowest BCUT2D eigenvalue weighted by molar-refractivity contribution is -0.0515. The summed E-state index contributed by atoms with van der Waals surface area (Å²) in [6.45, 7) is 2.85. The van der Waals surface area contributed by atoms with Gasteiger partial charge in [-0.15, -0.1) is 10.2 Å². The Bertz CT molecular complexity index is 2380. The lowest BCUT2D eigenvalue weighted by Crippen LogP contribution is -2.22. The zero-order valence-corrected chi connectivity index (χ0v) is 33.6. The molecule has 0 aliphatic heterocycles. The van der Waals surface area contributed by atoms with Gasteiger partial charge in [0.2, 0.25) is 5.82 Å². The number of carbonyl (C=O) groups is 2. The molecule has 14 nitrogen and oxygen atoms in total. The molecule has 0 bridgehead atoms. The highest BCUT2D eigenvalue weighted by atomic mass is 35.5. The fraction of sp³-hybridized carbons (Fsp3) is 0.293. The highest BCUT2D eigenvalue weighted by Crippen LogP contribution is 2.36. The number of ether oxygens (including phenoxy) is 2. The van der Waals surface area contributed by atoms with Crippen LogP contribution in [0.4, 0.5) is 14.5 Å². The zero-order valence-electron chi connectivity index (χ0n) is 32.1. The van der Waals surface area contributed by atoms with Crippen LogP contribution in [-0.2, 0) is 18.6 Å². The molecule has 18 heteroatoms. The summed E-state index contributed by atoms with van der Waals surface area (Å²) in [5.41, 5.74) is 2.98. The first-order chi connectivity index (χ1) is 28.2. The van der Waals surface area contributed by atoms with Gasteiger partial charge in [0.25, 0.3) is 5.91 Å². The maximum Gasteiger partial charge on any atom is 0.387 e. The molecule has 0 unspecified atom stereocenters. The largest absolute Gasteiger partial charge is 0.489 e. The van der Waals surface area contributed by atoms with Crippen molar-refractivity contribution < 1.29 is 38.1 Å². The third-order valence-corrected chi connectivity index (χ3v) is 9.68. The van der Waals surface area contributed by atoms with Gasteiger partial charge in [-0.1, -0.05) is 78.7 Å². The molecule has 0 saturated heterocycles. The second-order valence-electron chi connectivity index (χ2n) is 14.1. The maximum atomic E-state index is 12.6. The number of anilines is 1. The normalized spacial score (nSPS) is 12.5. The van der Waals surface area contributed by atoms with Crippen molar-refractivity contribution in [1.82, 2.24) is 35.2 Å². The Morgan fingerprint density at radius 2 is 1.71 bits per heavy atom. The monoisotopic (exact) mass is 848 g/mol. The van der Waals surface area contributed by atoms with Gasteiger partial charge in [0.15, 0.2) is 17.2 Å². The van der Waals surface area contributed by atoms with E-state index < -0.39 is 24.1 Å². The van der Waals surface area contributed by atoms with Gasteiger partial charge < -0.3 is 29.6 Å². The second-order valence-corrected chi connectivity index (χ2v) is 14.9. The van der Waals surface area contributed by atoms with Crippen LogP contribution in [0.2, 0.25) is 10.0 Å². The molecule has 1 aliphatic carbocycles. The minimum Gasteiger partial charge on any atom is -0.489 e. The van der Waals surface area contributed by atoms with Crippen molar-refractivity contribution in [3.63, 3.8) is 0 Å². The molecule has 59 heavy (non-hydrogen) atoms. The van der Waals surface area contributed by atoms with E-state index in [1.165, 1.54) is 30.6 Å². The van der Waals surface area contributed by atoms with E-state index in [4.69, 9.17) is 27.9 Å². The van der Waals surface area contributed by atoms with Gasteiger partial charge in [0.1, 0.15) is 17.1 Å². The Morgan fingerprint density at radius 3 is 2.31 bits per heavy atom. The van der Waals surface area contributed by atoms with Gasteiger partial charge >= 0.3 is 12.6 Å². The number of aromatic nitrogens is 7. The number of aromatic amines is 1. The topological polar surface area (TPSA) is 190 Å². The summed E-state index contributed by atoms with van der Waals surface area (Å²) in [6, 6.07) is 19.7. The number of nitrogens with zero attached hydrogens (tertiary/aromatic N) is 6. The molecule has 0 radical (unpaired) electrons. The number of tetrazole rings is 1. The van der Waals surface area contributed by atoms with E-state index >= 15 is 0 Å². The molecule has 1 fully saturated rings. The number of amides is 1. The van der Waals surface area contributed by atoms with Crippen molar-refractivity contribution in [3.05, 3.63) is 118 Å².